The maximum atomic E-state index is 9.13. The lowest BCUT2D eigenvalue weighted by Gasteiger charge is -2.07. The molecule has 1 aromatic heterocycles. The second-order valence-corrected chi connectivity index (χ2v) is 3.60. The van der Waals surface area contributed by atoms with Crippen molar-refractivity contribution < 1.29 is 0 Å². The summed E-state index contributed by atoms with van der Waals surface area (Å²) in [5.41, 5.74) is 7.26. The first-order chi connectivity index (χ1) is 7.72. The molecule has 0 aliphatic rings. The van der Waals surface area contributed by atoms with Crippen molar-refractivity contribution in [3.05, 3.63) is 36.0 Å². The fourth-order valence-electron chi connectivity index (χ4n) is 1.51. The van der Waals surface area contributed by atoms with Crippen molar-refractivity contribution in [2.75, 3.05) is 5.32 Å². The zero-order valence-corrected chi connectivity index (χ0v) is 9.08. The van der Waals surface area contributed by atoms with Crippen molar-refractivity contribution in [2.24, 2.45) is 5.73 Å². The molecule has 1 heterocycles. The van der Waals surface area contributed by atoms with Crippen LogP contribution in [0.1, 0.15) is 5.56 Å². The quantitative estimate of drug-likeness (QED) is 0.727. The maximum absolute atomic E-state index is 9.13. The van der Waals surface area contributed by atoms with Crippen molar-refractivity contribution in [1.29, 1.82) is 5.26 Å². The van der Waals surface area contributed by atoms with E-state index >= 15 is 0 Å². The molecule has 78 valence electrons. The van der Waals surface area contributed by atoms with Gasteiger partial charge in [-0.3, -0.25) is 4.98 Å². The number of benzene rings is 1. The lowest BCUT2D eigenvalue weighted by molar-refractivity contribution is 1.40. The van der Waals surface area contributed by atoms with E-state index in [4.69, 9.17) is 23.2 Å². The van der Waals surface area contributed by atoms with Gasteiger partial charge in [0.1, 0.15) is 6.07 Å². The van der Waals surface area contributed by atoms with Gasteiger partial charge in [-0.2, -0.15) is 5.26 Å². The molecule has 0 saturated heterocycles. The lowest BCUT2D eigenvalue weighted by Crippen LogP contribution is -2.19. The number of fused-ring (bicyclic) bond motifs is 1. The molecule has 2 rings (SSSR count). The molecule has 0 fully saturated rings. The minimum atomic E-state index is 0.139. The fraction of sp³-hybridized carbons (Fsp3) is 0. The topological polar surface area (TPSA) is 74.7 Å². The Bertz CT molecular complexity index is 600. The number of hydrogen-bond donors (Lipinski definition) is 2. The molecule has 0 spiro atoms. The number of aromatic nitrogens is 1. The normalized spacial score (nSPS) is 9.69. The van der Waals surface area contributed by atoms with Gasteiger partial charge in [-0.05, 0) is 36.5 Å². The highest BCUT2D eigenvalue weighted by Gasteiger charge is 2.07. The lowest BCUT2D eigenvalue weighted by atomic mass is 10.1. The SMILES string of the molecule is N#Cc1c(NC(N)=S)ccc2ncccc12. The zero-order chi connectivity index (χ0) is 11.5. The Balaban J connectivity index is 2.69. The maximum Gasteiger partial charge on any atom is 0.168 e. The van der Waals surface area contributed by atoms with Crippen LogP contribution in [0.2, 0.25) is 0 Å². The number of rotatable bonds is 1. The zero-order valence-electron chi connectivity index (χ0n) is 8.27. The highest BCUT2D eigenvalue weighted by molar-refractivity contribution is 7.80. The highest BCUT2D eigenvalue weighted by Crippen LogP contribution is 2.23. The molecule has 0 amide bonds. The van der Waals surface area contributed by atoms with Gasteiger partial charge in [0, 0.05) is 11.6 Å². The molecule has 3 N–H and O–H groups in total. The van der Waals surface area contributed by atoms with Gasteiger partial charge in [0.05, 0.1) is 16.8 Å². The first-order valence-corrected chi connectivity index (χ1v) is 4.97. The standard InChI is InChI=1S/C11H8N4S/c12-6-8-7-2-1-5-14-9(7)3-4-10(8)15-11(13)16/h1-5H,(H3,13,15,16). The molecule has 0 saturated carbocycles. The first kappa shape index (κ1) is 10.3. The third kappa shape index (κ3) is 1.78. The monoisotopic (exact) mass is 228 g/mol. The van der Waals surface area contributed by atoms with Crippen LogP contribution in [-0.4, -0.2) is 10.1 Å². The number of hydrogen-bond acceptors (Lipinski definition) is 3. The van der Waals surface area contributed by atoms with Crippen LogP contribution in [0.3, 0.4) is 0 Å². The van der Waals surface area contributed by atoms with Crippen LogP contribution in [0.5, 0.6) is 0 Å². The fourth-order valence-corrected chi connectivity index (χ4v) is 1.62. The summed E-state index contributed by atoms with van der Waals surface area (Å²) in [4.78, 5) is 4.17. The molecule has 0 bridgehead atoms. The van der Waals surface area contributed by atoms with Crippen molar-refractivity contribution >= 4 is 33.9 Å². The third-order valence-corrected chi connectivity index (χ3v) is 2.26. The molecule has 1 aromatic carbocycles. The van der Waals surface area contributed by atoms with Crippen LogP contribution < -0.4 is 11.1 Å². The van der Waals surface area contributed by atoms with E-state index in [1.54, 1.807) is 18.3 Å². The van der Waals surface area contributed by atoms with Gasteiger partial charge in [-0.25, -0.2) is 0 Å². The van der Waals surface area contributed by atoms with Crippen LogP contribution in [0.4, 0.5) is 5.69 Å². The van der Waals surface area contributed by atoms with E-state index in [9.17, 15) is 0 Å². The second kappa shape index (κ2) is 4.13. The van der Waals surface area contributed by atoms with Crippen LogP contribution >= 0.6 is 12.2 Å². The number of thiocarbonyl (C=S) groups is 1. The smallest absolute Gasteiger partial charge is 0.168 e. The van der Waals surface area contributed by atoms with E-state index in [1.165, 1.54) is 0 Å². The Hall–Kier alpha value is -2.19. The molecule has 0 aliphatic heterocycles. The van der Waals surface area contributed by atoms with Crippen molar-refractivity contribution in [1.82, 2.24) is 4.98 Å². The van der Waals surface area contributed by atoms with Crippen LogP contribution in [0, 0.1) is 11.3 Å². The summed E-state index contributed by atoms with van der Waals surface area (Å²) in [5.74, 6) is 0. The molecule has 0 aliphatic carbocycles. The van der Waals surface area contributed by atoms with Crippen LogP contribution in [-0.2, 0) is 0 Å². The Kier molecular flexibility index (Phi) is 2.66. The van der Waals surface area contributed by atoms with Gasteiger partial charge in [-0.1, -0.05) is 0 Å². The van der Waals surface area contributed by atoms with Gasteiger partial charge < -0.3 is 11.1 Å². The molecule has 5 heteroatoms. The Morgan fingerprint density at radius 3 is 2.94 bits per heavy atom. The van der Waals surface area contributed by atoms with E-state index in [-0.39, 0.29) is 5.11 Å². The average Bonchev–Trinajstić information content (AvgIpc) is 2.28. The van der Waals surface area contributed by atoms with Gasteiger partial charge in [0.2, 0.25) is 0 Å². The number of nitriles is 1. The minimum absolute atomic E-state index is 0.139. The Morgan fingerprint density at radius 1 is 1.44 bits per heavy atom. The number of nitrogens with zero attached hydrogens (tertiary/aromatic N) is 2. The molecule has 0 atom stereocenters. The third-order valence-electron chi connectivity index (χ3n) is 2.15. The van der Waals surface area contributed by atoms with Crippen molar-refractivity contribution in [2.45, 2.75) is 0 Å². The number of nitrogens with two attached hydrogens (primary N) is 1. The van der Waals surface area contributed by atoms with Gasteiger partial charge >= 0.3 is 0 Å². The average molecular weight is 228 g/mol. The van der Waals surface area contributed by atoms with Crippen molar-refractivity contribution in [3.63, 3.8) is 0 Å². The number of pyridine rings is 1. The van der Waals surface area contributed by atoms with Crippen LogP contribution in [0.15, 0.2) is 30.5 Å². The largest absolute Gasteiger partial charge is 0.376 e. The molecule has 0 unspecified atom stereocenters. The van der Waals surface area contributed by atoms with E-state index in [2.05, 4.69) is 16.4 Å². The first-order valence-electron chi connectivity index (χ1n) is 4.56. The van der Waals surface area contributed by atoms with Gasteiger partial charge in [0.25, 0.3) is 0 Å². The summed E-state index contributed by atoms with van der Waals surface area (Å²) in [6.45, 7) is 0. The summed E-state index contributed by atoms with van der Waals surface area (Å²) < 4.78 is 0. The van der Waals surface area contributed by atoms with E-state index in [0.29, 0.717) is 11.3 Å². The summed E-state index contributed by atoms with van der Waals surface area (Å²) in [7, 11) is 0. The Morgan fingerprint density at radius 2 is 2.25 bits per heavy atom. The van der Waals surface area contributed by atoms with Crippen molar-refractivity contribution in [3.8, 4) is 6.07 Å². The number of nitrogens with one attached hydrogen (secondary N) is 1. The summed E-state index contributed by atoms with van der Waals surface area (Å²) in [5, 5.41) is 12.8. The predicted octanol–water partition coefficient (Wildman–Crippen LogP) is 1.76. The summed E-state index contributed by atoms with van der Waals surface area (Å²) >= 11 is 4.75. The summed E-state index contributed by atoms with van der Waals surface area (Å²) in [6, 6.07) is 9.31. The number of anilines is 1. The van der Waals surface area contributed by atoms with E-state index in [0.717, 1.165) is 10.9 Å². The van der Waals surface area contributed by atoms with E-state index in [1.807, 2.05) is 12.1 Å². The van der Waals surface area contributed by atoms with E-state index < -0.39 is 0 Å². The second-order valence-electron chi connectivity index (χ2n) is 3.16. The predicted molar refractivity (Wildman–Crippen MR) is 66.9 cm³/mol. The molecular formula is C11H8N4S. The summed E-state index contributed by atoms with van der Waals surface area (Å²) in [6.07, 6.45) is 1.68. The van der Waals surface area contributed by atoms with Crippen LogP contribution in [0.25, 0.3) is 10.9 Å². The molecular weight excluding hydrogens is 220 g/mol. The Labute approximate surface area is 97.7 Å². The molecule has 2 aromatic rings. The molecule has 0 radical (unpaired) electrons. The highest BCUT2D eigenvalue weighted by atomic mass is 32.1. The van der Waals surface area contributed by atoms with Gasteiger partial charge in [-0.15, -0.1) is 0 Å². The molecule has 16 heavy (non-hydrogen) atoms. The minimum Gasteiger partial charge on any atom is -0.376 e. The molecule has 4 nitrogen and oxygen atoms in total. The van der Waals surface area contributed by atoms with Gasteiger partial charge in [0.15, 0.2) is 5.11 Å².